The van der Waals surface area contributed by atoms with Gasteiger partial charge in [0.1, 0.15) is 5.69 Å². The summed E-state index contributed by atoms with van der Waals surface area (Å²) in [5, 5.41) is 3.64. The minimum absolute atomic E-state index is 0.352. The van der Waals surface area contributed by atoms with Gasteiger partial charge in [-0.05, 0) is 22.9 Å². The molecule has 0 aliphatic carbocycles. The number of imidazole rings is 1. The van der Waals surface area contributed by atoms with Crippen LogP contribution < -0.4 is 0 Å². The van der Waals surface area contributed by atoms with Crippen molar-refractivity contribution in [2.45, 2.75) is 6.18 Å². The van der Waals surface area contributed by atoms with E-state index in [0.29, 0.717) is 11.4 Å². The number of aromatic nitrogens is 2. The van der Waals surface area contributed by atoms with Crippen molar-refractivity contribution in [3.63, 3.8) is 0 Å². The largest absolute Gasteiger partial charge is 0.449 e. The maximum atomic E-state index is 12.8. The molecule has 7 heteroatoms. The molecule has 0 amide bonds. The van der Waals surface area contributed by atoms with E-state index in [9.17, 15) is 13.2 Å². The molecule has 3 rings (SSSR count). The van der Waals surface area contributed by atoms with Crippen molar-refractivity contribution in [3.8, 4) is 21.1 Å². The van der Waals surface area contributed by atoms with Gasteiger partial charge in [0, 0.05) is 0 Å². The summed E-state index contributed by atoms with van der Waals surface area (Å²) in [5.41, 5.74) is 0.773. The summed E-state index contributed by atoms with van der Waals surface area (Å²) in [6.45, 7) is 0. The van der Waals surface area contributed by atoms with Crippen LogP contribution >= 0.6 is 22.7 Å². The van der Waals surface area contributed by atoms with E-state index in [4.69, 9.17) is 0 Å². The monoisotopic (exact) mass is 300 g/mol. The highest BCUT2D eigenvalue weighted by molar-refractivity contribution is 7.14. The first-order valence-corrected chi connectivity index (χ1v) is 7.06. The maximum Gasteiger partial charge on any atom is 0.449 e. The van der Waals surface area contributed by atoms with E-state index < -0.39 is 12.0 Å². The Morgan fingerprint density at radius 1 is 1.00 bits per heavy atom. The number of alkyl halides is 3. The molecule has 0 unspecified atom stereocenters. The summed E-state index contributed by atoms with van der Waals surface area (Å²) in [6, 6.07) is 7.12. The van der Waals surface area contributed by atoms with E-state index in [0.717, 1.165) is 9.75 Å². The number of H-pyrrole nitrogens is 1. The molecule has 0 aliphatic rings. The molecule has 0 bridgehead atoms. The van der Waals surface area contributed by atoms with Crippen LogP contribution in [0.3, 0.4) is 0 Å². The first-order valence-electron chi connectivity index (χ1n) is 5.30. The van der Waals surface area contributed by atoms with Crippen LogP contribution in [0.2, 0.25) is 0 Å². The van der Waals surface area contributed by atoms with Gasteiger partial charge in [-0.1, -0.05) is 12.1 Å². The molecule has 0 aliphatic heterocycles. The van der Waals surface area contributed by atoms with Gasteiger partial charge in [0.2, 0.25) is 5.82 Å². The van der Waals surface area contributed by atoms with Crippen molar-refractivity contribution in [1.82, 2.24) is 9.97 Å². The average molecular weight is 300 g/mol. The minimum Gasteiger partial charge on any atom is -0.333 e. The number of hydrogen-bond acceptors (Lipinski definition) is 3. The number of hydrogen-bond donors (Lipinski definition) is 1. The summed E-state index contributed by atoms with van der Waals surface area (Å²) in [4.78, 5) is 7.57. The lowest BCUT2D eigenvalue weighted by molar-refractivity contribution is -0.144. The molecule has 0 atom stereocenters. The number of rotatable bonds is 2. The van der Waals surface area contributed by atoms with Crippen LogP contribution in [0.1, 0.15) is 5.82 Å². The molecule has 3 aromatic heterocycles. The van der Waals surface area contributed by atoms with Gasteiger partial charge in [0.25, 0.3) is 0 Å². The van der Waals surface area contributed by atoms with Gasteiger partial charge in [-0.15, -0.1) is 22.7 Å². The molecule has 3 heterocycles. The zero-order valence-corrected chi connectivity index (χ0v) is 11.0. The molecular weight excluding hydrogens is 293 g/mol. The maximum absolute atomic E-state index is 12.8. The molecule has 0 fully saturated rings. The Balaban J connectivity index is 2.19. The summed E-state index contributed by atoms with van der Waals surface area (Å²) >= 11 is 2.74. The highest BCUT2D eigenvalue weighted by atomic mass is 32.1. The number of nitrogens with one attached hydrogen (secondary N) is 1. The Morgan fingerprint density at radius 3 is 2.16 bits per heavy atom. The van der Waals surface area contributed by atoms with Crippen molar-refractivity contribution in [2.75, 3.05) is 0 Å². The summed E-state index contributed by atoms with van der Waals surface area (Å²) in [6.07, 6.45) is -4.47. The lowest BCUT2D eigenvalue weighted by Crippen LogP contribution is -2.07. The van der Waals surface area contributed by atoms with Gasteiger partial charge in [-0.25, -0.2) is 4.98 Å². The van der Waals surface area contributed by atoms with E-state index in [1.807, 2.05) is 10.8 Å². The van der Waals surface area contributed by atoms with Crippen LogP contribution in [0.25, 0.3) is 21.1 Å². The molecule has 19 heavy (non-hydrogen) atoms. The molecule has 0 spiro atoms. The van der Waals surface area contributed by atoms with Crippen LogP contribution in [0.4, 0.5) is 13.2 Å². The predicted molar refractivity (Wildman–Crippen MR) is 70.2 cm³/mol. The third kappa shape index (κ3) is 2.31. The third-order valence-corrected chi connectivity index (χ3v) is 4.26. The average Bonchev–Trinajstić information content (AvgIpc) is 3.09. The second-order valence-electron chi connectivity index (χ2n) is 3.76. The Morgan fingerprint density at radius 2 is 1.63 bits per heavy atom. The van der Waals surface area contributed by atoms with Crippen LogP contribution in [0, 0.1) is 0 Å². The zero-order valence-electron chi connectivity index (χ0n) is 9.36. The number of nitrogens with zero attached hydrogens (tertiary/aromatic N) is 1. The Kier molecular flexibility index (Phi) is 2.94. The van der Waals surface area contributed by atoms with Gasteiger partial charge in [-0.2, -0.15) is 13.2 Å². The SMILES string of the molecule is FC(F)(F)c1nc(-c2cccs2)c(-c2cccs2)[nH]1. The van der Waals surface area contributed by atoms with Crippen molar-refractivity contribution in [2.24, 2.45) is 0 Å². The van der Waals surface area contributed by atoms with Crippen LogP contribution in [0.15, 0.2) is 35.0 Å². The molecule has 0 saturated heterocycles. The minimum atomic E-state index is -4.47. The molecule has 0 radical (unpaired) electrons. The van der Waals surface area contributed by atoms with Crippen molar-refractivity contribution in [1.29, 1.82) is 0 Å². The van der Waals surface area contributed by atoms with Gasteiger partial charge in [-0.3, -0.25) is 0 Å². The molecular formula is C12H7F3N2S2. The number of halogens is 3. The Bertz CT molecular complexity index is 615. The quantitative estimate of drug-likeness (QED) is 0.717. The third-order valence-electron chi connectivity index (χ3n) is 2.49. The van der Waals surface area contributed by atoms with E-state index in [1.54, 1.807) is 24.3 Å². The van der Waals surface area contributed by atoms with E-state index in [1.165, 1.54) is 22.7 Å². The van der Waals surface area contributed by atoms with E-state index in [-0.39, 0.29) is 0 Å². The van der Waals surface area contributed by atoms with Crippen LogP contribution in [-0.4, -0.2) is 9.97 Å². The fourth-order valence-corrected chi connectivity index (χ4v) is 3.14. The topological polar surface area (TPSA) is 28.7 Å². The van der Waals surface area contributed by atoms with Gasteiger partial charge < -0.3 is 4.98 Å². The predicted octanol–water partition coefficient (Wildman–Crippen LogP) is 4.89. The molecule has 98 valence electrons. The second kappa shape index (κ2) is 4.50. The smallest absolute Gasteiger partial charge is 0.333 e. The van der Waals surface area contributed by atoms with Crippen molar-refractivity contribution < 1.29 is 13.2 Å². The molecule has 2 nitrogen and oxygen atoms in total. The fourth-order valence-electron chi connectivity index (χ4n) is 1.70. The zero-order chi connectivity index (χ0) is 13.5. The second-order valence-corrected chi connectivity index (χ2v) is 5.66. The Labute approximate surface area is 114 Å². The summed E-state index contributed by atoms with van der Waals surface area (Å²) in [5.74, 6) is -0.959. The first-order chi connectivity index (χ1) is 9.05. The summed E-state index contributed by atoms with van der Waals surface area (Å²) < 4.78 is 38.3. The lowest BCUT2D eigenvalue weighted by atomic mass is 10.2. The highest BCUT2D eigenvalue weighted by Gasteiger charge is 2.36. The summed E-state index contributed by atoms with van der Waals surface area (Å²) in [7, 11) is 0. The van der Waals surface area contributed by atoms with Gasteiger partial charge in [0.05, 0.1) is 15.4 Å². The van der Waals surface area contributed by atoms with E-state index >= 15 is 0 Å². The number of thiophene rings is 2. The standard InChI is InChI=1S/C12H7F3N2S2/c13-12(14,15)11-16-9(7-3-1-5-18-7)10(17-11)8-4-2-6-19-8/h1-6H,(H,16,17). The van der Waals surface area contributed by atoms with Crippen molar-refractivity contribution in [3.05, 3.63) is 40.8 Å². The molecule has 0 aromatic carbocycles. The lowest BCUT2D eigenvalue weighted by Gasteiger charge is -1.99. The van der Waals surface area contributed by atoms with Gasteiger partial charge >= 0.3 is 6.18 Å². The molecule has 3 aromatic rings. The number of aromatic amines is 1. The molecule has 0 saturated carbocycles. The van der Waals surface area contributed by atoms with Gasteiger partial charge in [0.15, 0.2) is 0 Å². The van der Waals surface area contributed by atoms with Crippen LogP contribution in [-0.2, 0) is 6.18 Å². The van der Waals surface area contributed by atoms with E-state index in [2.05, 4.69) is 9.97 Å². The Hall–Kier alpha value is -1.60. The van der Waals surface area contributed by atoms with Crippen molar-refractivity contribution >= 4 is 22.7 Å². The molecule has 1 N–H and O–H groups in total. The normalized spacial score (nSPS) is 11.9. The highest BCUT2D eigenvalue weighted by Crippen LogP contribution is 2.38. The van der Waals surface area contributed by atoms with Crippen LogP contribution in [0.5, 0.6) is 0 Å². The fraction of sp³-hybridized carbons (Fsp3) is 0.0833. The first kappa shape index (κ1) is 12.4.